The molecule has 1 amide bonds. The SMILES string of the molecule is NC(=O)OCCOc1ccc(C2CCCCC2)cc1. The minimum Gasteiger partial charge on any atom is -0.490 e. The molecule has 1 saturated carbocycles. The summed E-state index contributed by atoms with van der Waals surface area (Å²) in [6, 6.07) is 8.24. The predicted molar refractivity (Wildman–Crippen MR) is 73.3 cm³/mol. The maximum atomic E-state index is 10.4. The summed E-state index contributed by atoms with van der Waals surface area (Å²) in [4.78, 5) is 10.4. The predicted octanol–water partition coefficient (Wildman–Crippen LogP) is 3.21. The molecule has 1 aromatic carbocycles. The van der Waals surface area contributed by atoms with Crippen molar-refractivity contribution < 1.29 is 14.3 Å². The molecule has 0 bridgehead atoms. The molecular formula is C15H21NO3. The minimum absolute atomic E-state index is 0.180. The molecule has 104 valence electrons. The lowest BCUT2D eigenvalue weighted by Gasteiger charge is -2.22. The smallest absolute Gasteiger partial charge is 0.404 e. The van der Waals surface area contributed by atoms with E-state index in [0.29, 0.717) is 12.5 Å². The Balaban J connectivity index is 1.79. The first kappa shape index (κ1) is 13.7. The summed E-state index contributed by atoms with van der Waals surface area (Å²) < 4.78 is 10.1. The van der Waals surface area contributed by atoms with Crippen molar-refractivity contribution >= 4 is 6.09 Å². The van der Waals surface area contributed by atoms with Gasteiger partial charge in [0.25, 0.3) is 0 Å². The van der Waals surface area contributed by atoms with Crippen molar-refractivity contribution in [1.29, 1.82) is 0 Å². The Hall–Kier alpha value is -1.71. The quantitative estimate of drug-likeness (QED) is 0.830. The zero-order valence-electron chi connectivity index (χ0n) is 11.1. The standard InChI is InChI=1S/C15H21NO3/c16-15(17)19-11-10-18-14-8-6-13(7-9-14)12-4-2-1-3-5-12/h6-9,12H,1-5,10-11H2,(H2,16,17). The molecule has 0 unspecified atom stereocenters. The normalized spacial score (nSPS) is 16.0. The summed E-state index contributed by atoms with van der Waals surface area (Å²) in [6.07, 6.45) is 5.88. The summed E-state index contributed by atoms with van der Waals surface area (Å²) in [6.45, 7) is 0.505. The molecule has 19 heavy (non-hydrogen) atoms. The van der Waals surface area contributed by atoms with Gasteiger partial charge in [0, 0.05) is 0 Å². The summed E-state index contributed by atoms with van der Waals surface area (Å²) in [7, 11) is 0. The first-order valence-corrected chi connectivity index (χ1v) is 6.90. The van der Waals surface area contributed by atoms with Crippen molar-refractivity contribution in [1.82, 2.24) is 0 Å². The van der Waals surface area contributed by atoms with Crippen LogP contribution in [0.25, 0.3) is 0 Å². The van der Waals surface area contributed by atoms with Gasteiger partial charge in [0.1, 0.15) is 19.0 Å². The van der Waals surface area contributed by atoms with Gasteiger partial charge in [-0.1, -0.05) is 31.4 Å². The van der Waals surface area contributed by atoms with Crippen LogP contribution in [0.5, 0.6) is 5.75 Å². The molecule has 2 rings (SSSR count). The van der Waals surface area contributed by atoms with Crippen molar-refractivity contribution in [2.24, 2.45) is 5.73 Å². The lowest BCUT2D eigenvalue weighted by molar-refractivity contribution is 0.134. The number of hydrogen-bond acceptors (Lipinski definition) is 3. The highest BCUT2D eigenvalue weighted by Crippen LogP contribution is 2.33. The highest BCUT2D eigenvalue weighted by Gasteiger charge is 2.15. The first-order valence-electron chi connectivity index (χ1n) is 6.90. The van der Waals surface area contributed by atoms with Crippen LogP contribution < -0.4 is 10.5 Å². The van der Waals surface area contributed by atoms with Crippen molar-refractivity contribution in [3.63, 3.8) is 0 Å². The molecule has 0 atom stereocenters. The van der Waals surface area contributed by atoms with Gasteiger partial charge in [0.15, 0.2) is 0 Å². The zero-order valence-corrected chi connectivity index (χ0v) is 11.1. The molecule has 4 heteroatoms. The molecule has 1 aliphatic carbocycles. The molecule has 2 N–H and O–H groups in total. The largest absolute Gasteiger partial charge is 0.490 e. The fourth-order valence-electron chi connectivity index (χ4n) is 2.57. The van der Waals surface area contributed by atoms with Crippen LogP contribution in [0.1, 0.15) is 43.6 Å². The molecule has 0 radical (unpaired) electrons. The zero-order chi connectivity index (χ0) is 13.5. The fourth-order valence-corrected chi connectivity index (χ4v) is 2.57. The van der Waals surface area contributed by atoms with E-state index < -0.39 is 6.09 Å². The number of carbonyl (C=O) groups is 1. The average molecular weight is 263 g/mol. The van der Waals surface area contributed by atoms with Crippen molar-refractivity contribution in [3.8, 4) is 5.75 Å². The third-order valence-electron chi connectivity index (χ3n) is 3.55. The maximum Gasteiger partial charge on any atom is 0.404 e. The number of amides is 1. The van der Waals surface area contributed by atoms with E-state index >= 15 is 0 Å². The van der Waals surface area contributed by atoms with Gasteiger partial charge in [-0.3, -0.25) is 0 Å². The summed E-state index contributed by atoms with van der Waals surface area (Å²) in [5, 5.41) is 0. The number of nitrogens with two attached hydrogens (primary N) is 1. The highest BCUT2D eigenvalue weighted by atomic mass is 16.6. The minimum atomic E-state index is -0.767. The number of carbonyl (C=O) groups excluding carboxylic acids is 1. The Labute approximate surface area is 113 Å². The second kappa shape index (κ2) is 7.02. The van der Waals surface area contributed by atoms with Gasteiger partial charge in [-0.15, -0.1) is 0 Å². The van der Waals surface area contributed by atoms with Gasteiger partial charge in [-0.2, -0.15) is 0 Å². The van der Waals surface area contributed by atoms with Crippen molar-refractivity contribution in [2.75, 3.05) is 13.2 Å². The molecule has 0 heterocycles. The number of ether oxygens (including phenoxy) is 2. The molecule has 1 fully saturated rings. The van der Waals surface area contributed by atoms with Crippen LogP contribution in [-0.2, 0) is 4.74 Å². The van der Waals surface area contributed by atoms with Crippen LogP contribution in [0.2, 0.25) is 0 Å². The molecule has 1 aliphatic rings. The van der Waals surface area contributed by atoms with E-state index in [9.17, 15) is 4.79 Å². The van der Waals surface area contributed by atoms with Crippen LogP contribution in [0.15, 0.2) is 24.3 Å². The first-order chi connectivity index (χ1) is 9.25. The Morgan fingerprint density at radius 2 is 1.79 bits per heavy atom. The maximum absolute atomic E-state index is 10.4. The van der Waals surface area contributed by atoms with E-state index in [4.69, 9.17) is 10.5 Å². The summed E-state index contributed by atoms with van der Waals surface area (Å²) in [5.74, 6) is 1.51. The van der Waals surface area contributed by atoms with Gasteiger partial charge in [-0.25, -0.2) is 4.79 Å². The third kappa shape index (κ3) is 4.47. The van der Waals surface area contributed by atoms with Gasteiger partial charge in [0.05, 0.1) is 0 Å². The van der Waals surface area contributed by atoms with E-state index in [2.05, 4.69) is 16.9 Å². The number of benzene rings is 1. The third-order valence-corrected chi connectivity index (χ3v) is 3.55. The van der Waals surface area contributed by atoms with E-state index in [1.165, 1.54) is 37.7 Å². The molecule has 0 aromatic heterocycles. The highest BCUT2D eigenvalue weighted by molar-refractivity contribution is 5.64. The monoisotopic (exact) mass is 263 g/mol. The van der Waals surface area contributed by atoms with Gasteiger partial charge in [-0.05, 0) is 36.5 Å². The Kier molecular flexibility index (Phi) is 5.07. The van der Waals surface area contributed by atoms with Gasteiger partial charge >= 0.3 is 6.09 Å². The Morgan fingerprint density at radius 3 is 2.42 bits per heavy atom. The van der Waals surface area contributed by atoms with Crippen LogP contribution in [0.4, 0.5) is 4.79 Å². The molecule has 1 aromatic rings. The van der Waals surface area contributed by atoms with E-state index in [0.717, 1.165) is 5.75 Å². The lowest BCUT2D eigenvalue weighted by atomic mass is 9.84. The van der Waals surface area contributed by atoms with Gasteiger partial charge < -0.3 is 15.2 Å². The van der Waals surface area contributed by atoms with Gasteiger partial charge in [0.2, 0.25) is 0 Å². The second-order valence-electron chi connectivity index (χ2n) is 4.92. The van der Waals surface area contributed by atoms with E-state index in [-0.39, 0.29) is 6.61 Å². The topological polar surface area (TPSA) is 61.6 Å². The Morgan fingerprint density at radius 1 is 1.11 bits per heavy atom. The second-order valence-corrected chi connectivity index (χ2v) is 4.92. The molecular weight excluding hydrogens is 242 g/mol. The number of primary amides is 1. The average Bonchev–Trinajstić information content (AvgIpc) is 2.45. The van der Waals surface area contributed by atoms with Crippen molar-refractivity contribution in [3.05, 3.63) is 29.8 Å². The molecule has 0 saturated heterocycles. The van der Waals surface area contributed by atoms with E-state index in [1.807, 2.05) is 12.1 Å². The number of hydrogen-bond donors (Lipinski definition) is 1. The van der Waals surface area contributed by atoms with Crippen molar-refractivity contribution in [2.45, 2.75) is 38.0 Å². The summed E-state index contributed by atoms with van der Waals surface area (Å²) in [5.41, 5.74) is 6.26. The van der Waals surface area contributed by atoms with Crippen LogP contribution in [-0.4, -0.2) is 19.3 Å². The fraction of sp³-hybridized carbons (Fsp3) is 0.533. The number of rotatable bonds is 5. The van der Waals surface area contributed by atoms with E-state index in [1.54, 1.807) is 0 Å². The van der Waals surface area contributed by atoms with Crippen LogP contribution in [0, 0.1) is 0 Å². The lowest BCUT2D eigenvalue weighted by Crippen LogP contribution is -2.17. The molecule has 0 spiro atoms. The summed E-state index contributed by atoms with van der Waals surface area (Å²) >= 11 is 0. The Bertz CT molecular complexity index is 396. The molecule has 4 nitrogen and oxygen atoms in total. The van der Waals surface area contributed by atoms with Crippen LogP contribution in [0.3, 0.4) is 0 Å². The molecule has 0 aliphatic heterocycles. The van der Waals surface area contributed by atoms with Crippen LogP contribution >= 0.6 is 0 Å².